The van der Waals surface area contributed by atoms with Crippen LogP contribution in [0.2, 0.25) is 58.9 Å². The monoisotopic (exact) mass is 2440 g/mol. The molecular formula is C121H103Ir3N9O6Si3-6. The van der Waals surface area contributed by atoms with E-state index < -0.39 is 24.2 Å². The second-order valence-corrected chi connectivity index (χ2v) is 53.5. The Bertz CT molecular complexity index is 7800. The number of hydrogen-bond acceptors (Lipinski definition) is 15. The molecule has 15 nitrogen and oxygen atoms in total. The second-order valence-electron chi connectivity index (χ2n) is 38.4. The molecule has 9 heterocycles. The normalized spacial score (nSPS) is 11.3. The zero-order valence-electron chi connectivity index (χ0n) is 81.5. The van der Waals surface area contributed by atoms with Gasteiger partial charge in [-0.15, -0.1) is 158 Å². The standard InChI is InChI=1S/C24H28NSi.C21H22NSi.3C20H11N2O2.C16H20NSi.3Ir/c1-24(2,3)21-16-22(25-17-23(21)26(4,5)6)20-14-10-13-19(15-20)18-11-8-7-9-12-18;1-16-13-20(22-15-21(16)23(2,3)4)19-12-8-11-18(14-19)17-9-6-5-7-10-17;3*1-2-6-13(7-3-1)19-21-22-20(24-19)14-10-11-16-15-8-4-5-9-17(15)23-18(16)12-14;1-12-7-6-8-14(9-12)15-10-13(2)16(11-17-15)18(3,4)5;;;/h7-13,15-17H,1-6H3;5-11,13-15H,1-4H3;3*1-9,11-12H;6-7,9-11H,1-5H3;;;/q6*-1;;;. The summed E-state index contributed by atoms with van der Waals surface area (Å²) in [4.78, 5) is 14.2. The minimum Gasteiger partial charge on any atom is -0.476 e. The maximum Gasteiger partial charge on any atom is 0.237 e. The fourth-order valence-corrected chi connectivity index (χ4v) is 21.9. The molecule has 142 heavy (non-hydrogen) atoms. The van der Waals surface area contributed by atoms with Gasteiger partial charge < -0.3 is 41.5 Å². The number of nitrogens with zero attached hydrogens (tertiary/aromatic N) is 9. The molecule has 713 valence electrons. The van der Waals surface area contributed by atoms with Gasteiger partial charge in [-0.2, -0.15) is 15.3 Å². The van der Waals surface area contributed by atoms with E-state index in [2.05, 4.69) is 294 Å². The minimum atomic E-state index is -1.45. The average Bonchev–Trinajstić information content (AvgIpc) is 1.63. The van der Waals surface area contributed by atoms with Crippen molar-refractivity contribution < 1.29 is 86.8 Å². The van der Waals surface area contributed by atoms with Crippen LogP contribution in [0.25, 0.3) is 191 Å². The van der Waals surface area contributed by atoms with Crippen molar-refractivity contribution in [2.45, 2.75) is 106 Å². The third-order valence-electron chi connectivity index (χ3n) is 23.9. The van der Waals surface area contributed by atoms with Gasteiger partial charge in [0.15, 0.2) is 17.7 Å². The Labute approximate surface area is 872 Å². The Morgan fingerprint density at radius 2 is 0.521 bits per heavy atom. The molecule has 0 aliphatic rings. The molecule has 0 fully saturated rings. The van der Waals surface area contributed by atoms with Crippen molar-refractivity contribution in [2.24, 2.45) is 0 Å². The predicted octanol–water partition coefficient (Wildman–Crippen LogP) is 30.1. The van der Waals surface area contributed by atoms with Crippen molar-refractivity contribution in [1.29, 1.82) is 0 Å². The number of furan rings is 3. The molecule has 0 saturated carbocycles. The number of pyridine rings is 3. The van der Waals surface area contributed by atoms with Gasteiger partial charge in [-0.25, -0.2) is 0 Å². The smallest absolute Gasteiger partial charge is 0.237 e. The second kappa shape index (κ2) is 44.8. The molecule has 21 heteroatoms. The molecule has 0 amide bonds. The number of benzene rings is 14. The Morgan fingerprint density at radius 1 is 0.239 bits per heavy atom. The molecule has 0 bridgehead atoms. The van der Waals surface area contributed by atoms with Crippen LogP contribution in [0, 0.1) is 57.2 Å². The van der Waals surface area contributed by atoms with Crippen LogP contribution < -0.4 is 15.6 Å². The summed E-state index contributed by atoms with van der Waals surface area (Å²) in [5.74, 6) is 2.75. The van der Waals surface area contributed by atoms with Gasteiger partial charge in [-0.1, -0.05) is 337 Å². The van der Waals surface area contributed by atoms with Crippen LogP contribution in [-0.2, 0) is 65.7 Å². The Morgan fingerprint density at radius 3 is 0.831 bits per heavy atom. The molecule has 23 rings (SSSR count). The first-order chi connectivity index (χ1) is 67.1. The molecule has 0 saturated heterocycles. The van der Waals surface area contributed by atoms with Crippen LogP contribution in [-0.4, -0.2) is 69.8 Å². The van der Waals surface area contributed by atoms with E-state index in [0.29, 0.717) is 35.3 Å². The number of aromatic nitrogens is 9. The summed E-state index contributed by atoms with van der Waals surface area (Å²) in [6.07, 6.45) is 6.25. The Kier molecular flexibility index (Phi) is 32.3. The SMILES string of the molecule is CC(C)(C)c1cc(-c2[c-]ccc(-c3ccccc3)c2)ncc1[Si](C)(C)C.Cc1cc(-c2[c-]ccc(-c3ccccc3)c2)ncc1[Si](C)(C)C.Cc1cc[c-]c(-c2cc(C)c([Si](C)(C)C)cn2)c1.[Ir].[Ir].[Ir].[c-]1cc2c(cc1-c1nnc(-c3ccccc3)o1)oc1ccccc12.[c-]1cc2c(cc1-c1nnc(-c3ccccc3)o1)oc1ccccc12.[c-]1cc2c(cc1-c1nnc(-c3ccccc3)o1)oc1ccccc12. The van der Waals surface area contributed by atoms with Crippen molar-refractivity contribution in [3.63, 3.8) is 0 Å². The van der Waals surface area contributed by atoms with Crippen molar-refractivity contribution in [2.75, 3.05) is 0 Å². The van der Waals surface area contributed by atoms with E-state index in [-0.39, 0.29) is 65.7 Å². The van der Waals surface area contributed by atoms with Gasteiger partial charge in [0.1, 0.15) is 16.7 Å². The van der Waals surface area contributed by atoms with Crippen LogP contribution in [0.15, 0.2) is 379 Å². The van der Waals surface area contributed by atoms with E-state index in [1.807, 2.05) is 231 Å². The first kappa shape index (κ1) is 102. The summed E-state index contributed by atoms with van der Waals surface area (Å²) in [5.41, 5.74) is 26.3. The average molecular weight is 2440 g/mol. The molecule has 0 aliphatic heterocycles. The van der Waals surface area contributed by atoms with Gasteiger partial charge in [0, 0.05) is 95.6 Å². The molecule has 0 N–H and O–H groups in total. The van der Waals surface area contributed by atoms with Crippen LogP contribution in [0.3, 0.4) is 0 Å². The molecule has 14 aromatic carbocycles. The molecule has 0 atom stereocenters. The molecule has 9 aromatic heterocycles. The number of hydrogen-bond donors (Lipinski definition) is 0. The quantitative estimate of drug-likeness (QED) is 0.0736. The van der Waals surface area contributed by atoms with Crippen molar-refractivity contribution in [3.05, 3.63) is 411 Å². The van der Waals surface area contributed by atoms with Gasteiger partial charge in [0.2, 0.25) is 17.7 Å². The topological polar surface area (TPSA) is 195 Å². The number of rotatable bonds is 14. The molecule has 23 aromatic rings. The number of aryl methyl sites for hydroxylation is 3. The summed E-state index contributed by atoms with van der Waals surface area (Å²) in [5, 5.41) is 35.4. The van der Waals surface area contributed by atoms with Crippen LogP contribution in [0.1, 0.15) is 43.0 Å². The Balaban J connectivity index is 0.000000128. The summed E-state index contributed by atoms with van der Waals surface area (Å²) < 4.78 is 35.0. The summed E-state index contributed by atoms with van der Waals surface area (Å²) >= 11 is 0. The van der Waals surface area contributed by atoms with Gasteiger partial charge in [-0.05, 0) is 139 Å². The van der Waals surface area contributed by atoms with Crippen molar-refractivity contribution in [1.82, 2.24) is 45.5 Å². The van der Waals surface area contributed by atoms with Gasteiger partial charge in [0.05, 0.1) is 41.0 Å². The van der Waals surface area contributed by atoms with Gasteiger partial charge in [0.25, 0.3) is 0 Å². The first-order valence-corrected chi connectivity index (χ1v) is 56.9. The van der Waals surface area contributed by atoms with E-state index in [0.717, 1.165) is 133 Å². The molecule has 0 unspecified atom stereocenters. The van der Waals surface area contributed by atoms with Gasteiger partial charge >= 0.3 is 0 Å². The predicted molar refractivity (Wildman–Crippen MR) is 572 cm³/mol. The molecule has 0 aliphatic carbocycles. The Hall–Kier alpha value is -14.1. The van der Waals surface area contributed by atoms with Crippen LogP contribution in [0.4, 0.5) is 0 Å². The maximum absolute atomic E-state index is 5.90. The summed E-state index contributed by atoms with van der Waals surface area (Å²) in [7, 11) is -4.07. The largest absolute Gasteiger partial charge is 0.476 e. The van der Waals surface area contributed by atoms with E-state index in [4.69, 9.17) is 36.5 Å². The number of fused-ring (bicyclic) bond motifs is 9. The van der Waals surface area contributed by atoms with E-state index >= 15 is 0 Å². The first-order valence-electron chi connectivity index (χ1n) is 46.4. The van der Waals surface area contributed by atoms with E-state index in [9.17, 15) is 0 Å². The van der Waals surface area contributed by atoms with Crippen LogP contribution in [0.5, 0.6) is 0 Å². The maximum atomic E-state index is 5.90. The summed E-state index contributed by atoms with van der Waals surface area (Å²) in [6, 6.07) is 130. The van der Waals surface area contributed by atoms with Crippen molar-refractivity contribution >= 4 is 106 Å². The zero-order chi connectivity index (χ0) is 96.5. The molecule has 3 radical (unpaired) electrons. The fraction of sp³-hybridized carbons (Fsp3) is 0.132. The fourth-order valence-electron chi connectivity index (χ4n) is 16.8. The molecular weight excluding hydrogens is 2340 g/mol. The third-order valence-corrected chi connectivity index (χ3v) is 30.2. The van der Waals surface area contributed by atoms with E-state index in [1.165, 1.54) is 60.1 Å². The summed E-state index contributed by atoms with van der Waals surface area (Å²) in [6.45, 7) is 34.7. The van der Waals surface area contributed by atoms with Crippen molar-refractivity contribution in [3.8, 4) is 125 Å². The molecule has 0 spiro atoms. The van der Waals surface area contributed by atoms with Gasteiger partial charge in [-0.3, -0.25) is 0 Å². The van der Waals surface area contributed by atoms with E-state index in [1.54, 1.807) is 0 Å². The third kappa shape index (κ3) is 24.0. The number of para-hydroxylation sites is 3. The minimum absolute atomic E-state index is 0. The van der Waals surface area contributed by atoms with Crippen LogP contribution >= 0.6 is 0 Å². The zero-order valence-corrected chi connectivity index (χ0v) is 91.6.